The molecule has 4 heteroatoms. The predicted octanol–water partition coefficient (Wildman–Crippen LogP) is 3.32. The van der Waals surface area contributed by atoms with Crippen LogP contribution in [0.5, 0.6) is 0 Å². The first-order valence-electron chi connectivity index (χ1n) is 7.64. The van der Waals surface area contributed by atoms with Gasteiger partial charge >= 0.3 is 0 Å². The monoisotopic (exact) mass is 303 g/mol. The molecule has 1 aromatic heterocycles. The number of hydrogen-bond donors (Lipinski definition) is 1. The average Bonchev–Trinajstić information content (AvgIpc) is 2.94. The van der Waals surface area contributed by atoms with Gasteiger partial charge in [-0.05, 0) is 32.0 Å². The van der Waals surface area contributed by atoms with Crippen molar-refractivity contribution in [1.29, 1.82) is 0 Å². The van der Waals surface area contributed by atoms with Crippen molar-refractivity contribution in [2.24, 2.45) is 0 Å². The highest BCUT2D eigenvalue weighted by molar-refractivity contribution is 7.09. The molecule has 1 N–H and O–H groups in total. The van der Waals surface area contributed by atoms with E-state index in [4.69, 9.17) is 4.98 Å². The van der Waals surface area contributed by atoms with Crippen molar-refractivity contribution < 1.29 is 0 Å². The number of aromatic nitrogens is 1. The van der Waals surface area contributed by atoms with Crippen molar-refractivity contribution in [2.45, 2.75) is 32.9 Å². The maximum Gasteiger partial charge on any atom is 0.107 e. The Bertz CT molecular complexity index is 510. The Balaban J connectivity index is 1.73. The van der Waals surface area contributed by atoms with E-state index in [1.807, 2.05) is 0 Å². The quantitative estimate of drug-likeness (QED) is 0.720. The van der Waals surface area contributed by atoms with Crippen molar-refractivity contribution >= 4 is 11.3 Å². The van der Waals surface area contributed by atoms with E-state index in [1.165, 1.54) is 22.7 Å². The fourth-order valence-corrected chi connectivity index (χ4v) is 2.95. The van der Waals surface area contributed by atoms with E-state index >= 15 is 0 Å². The SMILES string of the molecule is CCCNCc1nc(CN(C)CCc2ccccc2)cs1. The van der Waals surface area contributed by atoms with Gasteiger partial charge < -0.3 is 10.2 Å². The molecule has 0 aliphatic heterocycles. The van der Waals surface area contributed by atoms with Crippen LogP contribution in [0, 0.1) is 0 Å². The Morgan fingerprint density at radius 3 is 2.81 bits per heavy atom. The summed E-state index contributed by atoms with van der Waals surface area (Å²) < 4.78 is 0. The second-order valence-corrected chi connectivity index (χ2v) is 6.33. The molecule has 0 spiro atoms. The van der Waals surface area contributed by atoms with E-state index in [9.17, 15) is 0 Å². The topological polar surface area (TPSA) is 28.2 Å². The minimum absolute atomic E-state index is 0.895. The van der Waals surface area contributed by atoms with Gasteiger partial charge in [-0.2, -0.15) is 0 Å². The molecule has 114 valence electrons. The molecule has 0 amide bonds. The summed E-state index contributed by atoms with van der Waals surface area (Å²) in [7, 11) is 2.16. The van der Waals surface area contributed by atoms with Crippen LogP contribution in [-0.4, -0.2) is 30.0 Å². The van der Waals surface area contributed by atoms with Gasteiger partial charge in [0.15, 0.2) is 0 Å². The third-order valence-electron chi connectivity index (χ3n) is 3.36. The van der Waals surface area contributed by atoms with E-state index in [0.717, 1.165) is 32.6 Å². The second-order valence-electron chi connectivity index (χ2n) is 5.38. The summed E-state index contributed by atoms with van der Waals surface area (Å²) in [6.07, 6.45) is 2.26. The van der Waals surface area contributed by atoms with Gasteiger partial charge in [0.25, 0.3) is 0 Å². The van der Waals surface area contributed by atoms with Gasteiger partial charge in [-0.15, -0.1) is 11.3 Å². The van der Waals surface area contributed by atoms with Crippen LogP contribution in [-0.2, 0) is 19.5 Å². The van der Waals surface area contributed by atoms with Gasteiger partial charge in [-0.1, -0.05) is 37.3 Å². The Hall–Kier alpha value is -1.23. The normalized spacial score (nSPS) is 11.2. The van der Waals surface area contributed by atoms with Crippen LogP contribution in [0.15, 0.2) is 35.7 Å². The molecular weight excluding hydrogens is 278 g/mol. The molecule has 3 nitrogen and oxygen atoms in total. The minimum Gasteiger partial charge on any atom is -0.310 e. The smallest absolute Gasteiger partial charge is 0.107 e. The zero-order chi connectivity index (χ0) is 14.9. The number of nitrogens with zero attached hydrogens (tertiary/aromatic N) is 2. The number of hydrogen-bond acceptors (Lipinski definition) is 4. The van der Waals surface area contributed by atoms with Crippen molar-refractivity contribution in [3.05, 3.63) is 52.0 Å². The molecule has 2 rings (SSSR count). The lowest BCUT2D eigenvalue weighted by Crippen LogP contribution is -2.21. The van der Waals surface area contributed by atoms with Gasteiger partial charge in [-0.25, -0.2) is 4.98 Å². The number of benzene rings is 1. The molecular formula is C17H25N3S. The lowest BCUT2D eigenvalue weighted by Gasteiger charge is -2.15. The maximum absolute atomic E-state index is 4.69. The van der Waals surface area contributed by atoms with Crippen LogP contribution < -0.4 is 5.32 Å². The Morgan fingerprint density at radius 1 is 1.24 bits per heavy atom. The molecule has 0 aliphatic rings. The fourth-order valence-electron chi connectivity index (χ4n) is 2.20. The third kappa shape index (κ3) is 5.96. The summed E-state index contributed by atoms with van der Waals surface area (Å²) in [5, 5.41) is 6.77. The summed E-state index contributed by atoms with van der Waals surface area (Å²) in [6.45, 7) is 6.13. The summed E-state index contributed by atoms with van der Waals surface area (Å²) in [5.74, 6) is 0. The third-order valence-corrected chi connectivity index (χ3v) is 4.26. The Labute approximate surface area is 132 Å². The molecule has 0 fully saturated rings. The van der Waals surface area contributed by atoms with Crippen molar-refractivity contribution in [2.75, 3.05) is 20.1 Å². The van der Waals surface area contributed by atoms with Gasteiger partial charge in [0.05, 0.1) is 5.69 Å². The zero-order valence-corrected chi connectivity index (χ0v) is 13.8. The summed E-state index contributed by atoms with van der Waals surface area (Å²) in [6, 6.07) is 10.6. The van der Waals surface area contributed by atoms with Gasteiger partial charge in [0.1, 0.15) is 5.01 Å². The van der Waals surface area contributed by atoms with Crippen molar-refractivity contribution in [3.63, 3.8) is 0 Å². The van der Waals surface area contributed by atoms with E-state index in [-0.39, 0.29) is 0 Å². The average molecular weight is 303 g/mol. The molecule has 0 unspecified atom stereocenters. The van der Waals surface area contributed by atoms with Crippen LogP contribution >= 0.6 is 11.3 Å². The predicted molar refractivity (Wildman–Crippen MR) is 90.6 cm³/mol. The van der Waals surface area contributed by atoms with E-state index < -0.39 is 0 Å². The highest BCUT2D eigenvalue weighted by atomic mass is 32.1. The lowest BCUT2D eigenvalue weighted by atomic mass is 10.1. The molecule has 0 radical (unpaired) electrons. The number of likely N-dealkylation sites (N-methyl/N-ethyl adjacent to an activating group) is 1. The first-order valence-corrected chi connectivity index (χ1v) is 8.52. The van der Waals surface area contributed by atoms with Gasteiger partial charge in [0, 0.05) is 25.0 Å². The van der Waals surface area contributed by atoms with E-state index in [2.05, 4.69) is 59.9 Å². The molecule has 0 aliphatic carbocycles. The van der Waals surface area contributed by atoms with Gasteiger partial charge in [-0.3, -0.25) is 0 Å². The van der Waals surface area contributed by atoms with Crippen molar-refractivity contribution in [3.8, 4) is 0 Å². The van der Waals surface area contributed by atoms with Crippen molar-refractivity contribution in [1.82, 2.24) is 15.2 Å². The van der Waals surface area contributed by atoms with Gasteiger partial charge in [0.2, 0.25) is 0 Å². The van der Waals surface area contributed by atoms with Crippen LogP contribution in [0.4, 0.5) is 0 Å². The van der Waals surface area contributed by atoms with E-state index in [0.29, 0.717) is 0 Å². The lowest BCUT2D eigenvalue weighted by molar-refractivity contribution is 0.327. The number of nitrogens with one attached hydrogen (secondary N) is 1. The Kier molecular flexibility index (Phi) is 6.86. The molecule has 0 bridgehead atoms. The van der Waals surface area contributed by atoms with Crippen LogP contribution in [0.3, 0.4) is 0 Å². The zero-order valence-electron chi connectivity index (χ0n) is 13.0. The maximum atomic E-state index is 4.69. The first kappa shape index (κ1) is 16.1. The van der Waals surface area contributed by atoms with Crippen LogP contribution in [0.1, 0.15) is 29.6 Å². The van der Waals surface area contributed by atoms with Crippen LogP contribution in [0.25, 0.3) is 0 Å². The largest absolute Gasteiger partial charge is 0.310 e. The molecule has 1 heterocycles. The van der Waals surface area contributed by atoms with E-state index in [1.54, 1.807) is 11.3 Å². The second kappa shape index (κ2) is 8.93. The summed E-state index contributed by atoms with van der Waals surface area (Å²) in [5.41, 5.74) is 2.58. The summed E-state index contributed by atoms with van der Waals surface area (Å²) in [4.78, 5) is 7.03. The molecule has 0 saturated carbocycles. The fraction of sp³-hybridized carbons (Fsp3) is 0.471. The number of rotatable bonds is 9. The Morgan fingerprint density at radius 2 is 2.05 bits per heavy atom. The highest BCUT2D eigenvalue weighted by Gasteiger charge is 2.05. The molecule has 1 aromatic carbocycles. The first-order chi connectivity index (χ1) is 10.3. The minimum atomic E-state index is 0.895. The summed E-state index contributed by atoms with van der Waals surface area (Å²) >= 11 is 1.76. The van der Waals surface area contributed by atoms with Crippen LogP contribution in [0.2, 0.25) is 0 Å². The molecule has 2 aromatic rings. The molecule has 0 atom stereocenters. The molecule has 21 heavy (non-hydrogen) atoms. The highest BCUT2D eigenvalue weighted by Crippen LogP contribution is 2.11. The standard InChI is InChI=1S/C17H25N3S/c1-3-10-18-12-17-19-16(14-21-17)13-20(2)11-9-15-7-5-4-6-8-15/h4-8,14,18H,3,9-13H2,1-2H3. The number of thiazole rings is 1. The molecule has 0 saturated heterocycles.